The van der Waals surface area contributed by atoms with Crippen LogP contribution in [0.3, 0.4) is 0 Å². The highest BCUT2D eigenvalue weighted by Crippen LogP contribution is 2.21. The van der Waals surface area contributed by atoms with Crippen LogP contribution < -0.4 is 9.62 Å². The number of nitrogens with one attached hydrogen (secondary N) is 1. The van der Waals surface area contributed by atoms with E-state index in [1.807, 2.05) is 30.5 Å². The van der Waals surface area contributed by atoms with Crippen LogP contribution in [0, 0.1) is 0 Å². The van der Waals surface area contributed by atoms with Gasteiger partial charge in [-0.25, -0.2) is 8.42 Å². The van der Waals surface area contributed by atoms with Crippen molar-refractivity contribution in [1.82, 2.24) is 0 Å². The summed E-state index contributed by atoms with van der Waals surface area (Å²) in [5.74, 6) is -0.210. The van der Waals surface area contributed by atoms with Gasteiger partial charge in [-0.3, -0.25) is 9.10 Å². The second kappa shape index (κ2) is 7.72. The fourth-order valence-electron chi connectivity index (χ4n) is 2.08. The predicted octanol–water partition coefficient (Wildman–Crippen LogP) is 3.45. The number of benzene rings is 2. The zero-order chi connectivity index (χ0) is 17.7. The first-order chi connectivity index (χ1) is 11.4. The van der Waals surface area contributed by atoms with Gasteiger partial charge in [-0.1, -0.05) is 6.07 Å². The lowest BCUT2D eigenvalue weighted by Gasteiger charge is -2.18. The quantitative estimate of drug-likeness (QED) is 0.797. The molecule has 5 nitrogen and oxygen atoms in total. The van der Waals surface area contributed by atoms with Crippen molar-refractivity contribution in [3.8, 4) is 0 Å². The fraction of sp³-hybridized carbons (Fsp3) is 0.235. The third-order valence-corrected chi connectivity index (χ3v) is 6.10. The minimum absolute atomic E-state index is 0.0253. The van der Waals surface area contributed by atoms with Crippen molar-refractivity contribution < 1.29 is 13.2 Å². The lowest BCUT2D eigenvalue weighted by atomic mass is 10.2. The standard InChI is InChI=1S/C17H20N2O3S2/c1-4-24(21,22)19(2)15-10-8-13(9-11-15)17(20)18-14-6-5-7-16(12-14)23-3/h5-12H,4H2,1-3H3,(H,18,20). The SMILES string of the molecule is CCS(=O)(=O)N(C)c1ccc(C(=O)Nc2cccc(SC)c2)cc1. The van der Waals surface area contributed by atoms with Gasteiger partial charge in [0.1, 0.15) is 0 Å². The minimum Gasteiger partial charge on any atom is -0.322 e. The summed E-state index contributed by atoms with van der Waals surface area (Å²) in [4.78, 5) is 13.4. The molecule has 24 heavy (non-hydrogen) atoms. The third-order valence-electron chi connectivity index (χ3n) is 3.60. The Morgan fingerprint density at radius 2 is 1.83 bits per heavy atom. The number of nitrogens with zero attached hydrogens (tertiary/aromatic N) is 1. The predicted molar refractivity (Wildman–Crippen MR) is 100 cm³/mol. The van der Waals surface area contributed by atoms with Gasteiger partial charge in [0.25, 0.3) is 5.91 Å². The van der Waals surface area contributed by atoms with Gasteiger partial charge in [-0.05, 0) is 55.6 Å². The van der Waals surface area contributed by atoms with E-state index in [1.165, 1.54) is 11.4 Å². The topological polar surface area (TPSA) is 66.5 Å². The Morgan fingerprint density at radius 3 is 2.42 bits per heavy atom. The maximum atomic E-state index is 12.3. The van der Waals surface area contributed by atoms with Crippen molar-refractivity contribution in [3.05, 3.63) is 54.1 Å². The second-order valence-corrected chi connectivity index (χ2v) is 8.27. The molecular formula is C17H20N2O3S2. The van der Waals surface area contributed by atoms with Crippen LogP contribution in [-0.4, -0.2) is 33.4 Å². The molecule has 0 spiro atoms. The number of carbonyl (C=O) groups is 1. The molecular weight excluding hydrogens is 344 g/mol. The molecule has 0 atom stereocenters. The van der Waals surface area contributed by atoms with E-state index in [4.69, 9.17) is 0 Å². The number of sulfonamides is 1. The molecule has 0 aromatic heterocycles. The van der Waals surface area contributed by atoms with E-state index in [0.717, 1.165) is 10.6 Å². The summed E-state index contributed by atoms with van der Waals surface area (Å²) in [5, 5.41) is 2.84. The Morgan fingerprint density at radius 1 is 1.17 bits per heavy atom. The number of thioether (sulfide) groups is 1. The Balaban J connectivity index is 2.14. The molecule has 0 saturated carbocycles. The average Bonchev–Trinajstić information content (AvgIpc) is 2.61. The molecule has 7 heteroatoms. The van der Waals surface area contributed by atoms with E-state index in [-0.39, 0.29) is 11.7 Å². The molecule has 2 rings (SSSR count). The summed E-state index contributed by atoms with van der Waals surface area (Å²) in [6.45, 7) is 1.59. The van der Waals surface area contributed by atoms with Gasteiger partial charge in [0.15, 0.2) is 0 Å². The third kappa shape index (κ3) is 4.30. The van der Waals surface area contributed by atoms with E-state index < -0.39 is 10.0 Å². The highest BCUT2D eigenvalue weighted by molar-refractivity contribution is 7.98. The van der Waals surface area contributed by atoms with Crippen LogP contribution in [0.25, 0.3) is 0 Å². The van der Waals surface area contributed by atoms with Crippen molar-refractivity contribution in [2.45, 2.75) is 11.8 Å². The van der Waals surface area contributed by atoms with Gasteiger partial charge in [-0.2, -0.15) is 0 Å². The van der Waals surface area contributed by atoms with E-state index in [2.05, 4.69) is 5.32 Å². The molecule has 0 bridgehead atoms. The number of hydrogen-bond donors (Lipinski definition) is 1. The maximum Gasteiger partial charge on any atom is 0.255 e. The molecule has 0 radical (unpaired) electrons. The summed E-state index contributed by atoms with van der Waals surface area (Å²) in [6, 6.07) is 14.1. The highest BCUT2D eigenvalue weighted by Gasteiger charge is 2.16. The summed E-state index contributed by atoms with van der Waals surface area (Å²) < 4.78 is 24.9. The van der Waals surface area contributed by atoms with E-state index in [0.29, 0.717) is 11.3 Å². The van der Waals surface area contributed by atoms with Crippen molar-refractivity contribution in [2.24, 2.45) is 0 Å². The number of anilines is 2. The Hall–Kier alpha value is -1.99. The molecule has 0 unspecified atom stereocenters. The van der Waals surface area contributed by atoms with Crippen molar-refractivity contribution in [1.29, 1.82) is 0 Å². The molecule has 0 aliphatic carbocycles. The van der Waals surface area contributed by atoms with Crippen LogP contribution in [0.15, 0.2) is 53.4 Å². The molecule has 2 aromatic carbocycles. The van der Waals surface area contributed by atoms with Gasteiger partial charge < -0.3 is 5.32 Å². The van der Waals surface area contributed by atoms with Crippen molar-refractivity contribution in [3.63, 3.8) is 0 Å². The van der Waals surface area contributed by atoms with Crippen LogP contribution in [0.4, 0.5) is 11.4 Å². The summed E-state index contributed by atoms with van der Waals surface area (Å²) in [6.07, 6.45) is 1.97. The van der Waals surface area contributed by atoms with Gasteiger partial charge >= 0.3 is 0 Å². The Kier molecular flexibility index (Phi) is 5.90. The van der Waals surface area contributed by atoms with Crippen LogP contribution >= 0.6 is 11.8 Å². The first-order valence-corrected chi connectivity index (χ1v) is 10.2. The first-order valence-electron chi connectivity index (χ1n) is 7.39. The van der Waals surface area contributed by atoms with Crippen LogP contribution in [0.5, 0.6) is 0 Å². The average molecular weight is 364 g/mol. The van der Waals surface area contributed by atoms with Crippen molar-refractivity contribution >= 4 is 39.1 Å². The minimum atomic E-state index is -3.31. The zero-order valence-corrected chi connectivity index (χ0v) is 15.4. The lowest BCUT2D eigenvalue weighted by Crippen LogP contribution is -2.28. The molecule has 0 fully saturated rings. The van der Waals surface area contributed by atoms with Gasteiger partial charge in [0.05, 0.1) is 11.4 Å². The fourth-order valence-corrected chi connectivity index (χ4v) is 3.37. The molecule has 0 aliphatic rings. The van der Waals surface area contributed by atoms with E-state index >= 15 is 0 Å². The number of rotatable bonds is 6. The molecule has 2 aromatic rings. The summed E-state index contributed by atoms with van der Waals surface area (Å²) in [7, 11) is -1.81. The highest BCUT2D eigenvalue weighted by atomic mass is 32.2. The number of hydrogen-bond acceptors (Lipinski definition) is 4. The first kappa shape index (κ1) is 18.4. The van der Waals surface area contributed by atoms with Gasteiger partial charge in [0.2, 0.25) is 10.0 Å². The largest absolute Gasteiger partial charge is 0.322 e. The smallest absolute Gasteiger partial charge is 0.255 e. The Bertz CT molecular complexity index is 818. The zero-order valence-electron chi connectivity index (χ0n) is 13.8. The van der Waals surface area contributed by atoms with Gasteiger partial charge in [0, 0.05) is 23.2 Å². The molecule has 0 saturated heterocycles. The van der Waals surface area contributed by atoms with Crippen molar-refractivity contribution in [2.75, 3.05) is 28.7 Å². The van der Waals surface area contributed by atoms with E-state index in [9.17, 15) is 13.2 Å². The summed E-state index contributed by atoms with van der Waals surface area (Å²) in [5.41, 5.74) is 1.72. The molecule has 0 aliphatic heterocycles. The van der Waals surface area contributed by atoms with Crippen LogP contribution in [0.1, 0.15) is 17.3 Å². The molecule has 1 N–H and O–H groups in total. The molecule has 1 amide bonds. The van der Waals surface area contributed by atoms with E-state index in [1.54, 1.807) is 43.0 Å². The monoisotopic (exact) mass is 364 g/mol. The summed E-state index contributed by atoms with van der Waals surface area (Å²) >= 11 is 1.60. The van der Waals surface area contributed by atoms with Gasteiger partial charge in [-0.15, -0.1) is 11.8 Å². The second-order valence-electron chi connectivity index (χ2n) is 5.10. The van der Waals surface area contributed by atoms with Crippen LogP contribution in [0.2, 0.25) is 0 Å². The molecule has 128 valence electrons. The number of amides is 1. The maximum absolute atomic E-state index is 12.3. The lowest BCUT2D eigenvalue weighted by molar-refractivity contribution is 0.102. The number of carbonyl (C=O) groups excluding carboxylic acids is 1. The Labute approximate surface area is 147 Å². The molecule has 0 heterocycles. The van der Waals surface area contributed by atoms with Crippen LogP contribution in [-0.2, 0) is 10.0 Å². The normalized spacial score (nSPS) is 11.1.